The summed E-state index contributed by atoms with van der Waals surface area (Å²) in [6.45, 7) is 5.72. The summed E-state index contributed by atoms with van der Waals surface area (Å²) >= 11 is 0. The summed E-state index contributed by atoms with van der Waals surface area (Å²) in [5, 5.41) is 3.06. The summed E-state index contributed by atoms with van der Waals surface area (Å²) in [4.78, 5) is 22.6. The molecule has 5 heteroatoms. The molecule has 1 saturated heterocycles. The third-order valence-electron chi connectivity index (χ3n) is 3.29. The minimum absolute atomic E-state index is 0.00208. The van der Waals surface area contributed by atoms with Crippen molar-refractivity contribution in [2.24, 2.45) is 0 Å². The third-order valence-corrected chi connectivity index (χ3v) is 3.29. The number of anilines is 1. The van der Waals surface area contributed by atoms with E-state index in [2.05, 4.69) is 22.2 Å². The van der Waals surface area contributed by atoms with Gasteiger partial charge in [-0.2, -0.15) is 0 Å². The molecular weight excluding hydrogens is 228 g/mol. The number of amides is 1. The van der Waals surface area contributed by atoms with Gasteiger partial charge in [0.15, 0.2) is 0 Å². The van der Waals surface area contributed by atoms with Gasteiger partial charge in [-0.25, -0.2) is 9.97 Å². The topological polar surface area (TPSA) is 58.1 Å². The highest BCUT2D eigenvalue weighted by molar-refractivity contribution is 5.92. The smallest absolute Gasteiger partial charge is 0.274 e. The van der Waals surface area contributed by atoms with E-state index in [1.807, 2.05) is 11.8 Å². The second-order valence-corrected chi connectivity index (χ2v) is 4.66. The molecule has 98 valence electrons. The first-order valence-corrected chi connectivity index (χ1v) is 6.59. The number of carbonyl (C=O) groups is 1. The standard InChI is InChI=1S/C13H20N4O/c1-3-14-12-9-15-11(8-16-12)13(18)17-7-5-4-6-10(17)2/h8-10H,3-7H2,1-2H3,(H,14,16). The minimum Gasteiger partial charge on any atom is -0.369 e. The van der Waals surface area contributed by atoms with Gasteiger partial charge in [-0.15, -0.1) is 0 Å². The molecule has 1 aromatic rings. The maximum atomic E-state index is 12.3. The van der Waals surface area contributed by atoms with Gasteiger partial charge < -0.3 is 10.2 Å². The molecule has 1 amide bonds. The molecule has 0 radical (unpaired) electrons. The summed E-state index contributed by atoms with van der Waals surface area (Å²) in [6, 6.07) is 0.307. The molecule has 18 heavy (non-hydrogen) atoms. The zero-order valence-electron chi connectivity index (χ0n) is 11.0. The van der Waals surface area contributed by atoms with Crippen molar-refractivity contribution in [3.8, 4) is 0 Å². The van der Waals surface area contributed by atoms with Crippen LogP contribution in [0.3, 0.4) is 0 Å². The Bertz CT molecular complexity index is 404. The molecule has 1 aliphatic rings. The first kappa shape index (κ1) is 12.8. The van der Waals surface area contributed by atoms with Crippen LogP contribution in [-0.4, -0.2) is 39.9 Å². The monoisotopic (exact) mass is 248 g/mol. The van der Waals surface area contributed by atoms with Gasteiger partial charge in [-0.1, -0.05) is 0 Å². The van der Waals surface area contributed by atoms with Gasteiger partial charge in [0.1, 0.15) is 11.5 Å². The molecule has 1 aromatic heterocycles. The Morgan fingerprint density at radius 3 is 2.89 bits per heavy atom. The van der Waals surface area contributed by atoms with E-state index < -0.39 is 0 Å². The van der Waals surface area contributed by atoms with Crippen molar-refractivity contribution in [3.63, 3.8) is 0 Å². The lowest BCUT2D eigenvalue weighted by Crippen LogP contribution is -2.42. The quantitative estimate of drug-likeness (QED) is 0.888. The lowest BCUT2D eigenvalue weighted by Gasteiger charge is -2.33. The largest absolute Gasteiger partial charge is 0.369 e. The Hall–Kier alpha value is -1.65. The van der Waals surface area contributed by atoms with Gasteiger partial charge in [-0.3, -0.25) is 4.79 Å². The third kappa shape index (κ3) is 2.78. The van der Waals surface area contributed by atoms with Crippen molar-refractivity contribution >= 4 is 11.7 Å². The molecule has 0 spiro atoms. The van der Waals surface area contributed by atoms with E-state index in [4.69, 9.17) is 0 Å². The molecule has 1 unspecified atom stereocenters. The lowest BCUT2D eigenvalue weighted by atomic mass is 10.0. The van der Waals surface area contributed by atoms with Gasteiger partial charge >= 0.3 is 0 Å². The van der Waals surface area contributed by atoms with E-state index in [9.17, 15) is 4.79 Å². The van der Waals surface area contributed by atoms with Crippen LogP contribution in [0.1, 0.15) is 43.6 Å². The number of aromatic nitrogens is 2. The number of rotatable bonds is 3. The van der Waals surface area contributed by atoms with E-state index in [-0.39, 0.29) is 5.91 Å². The maximum absolute atomic E-state index is 12.3. The predicted octanol–water partition coefficient (Wildman–Crippen LogP) is 1.92. The molecule has 5 nitrogen and oxygen atoms in total. The maximum Gasteiger partial charge on any atom is 0.274 e. The Balaban J connectivity index is 2.08. The normalized spacial score (nSPS) is 19.7. The molecule has 0 saturated carbocycles. The Kier molecular flexibility index (Phi) is 4.12. The number of carbonyl (C=O) groups excluding carboxylic acids is 1. The van der Waals surface area contributed by atoms with Crippen molar-refractivity contribution in [3.05, 3.63) is 18.1 Å². The number of nitrogens with zero attached hydrogens (tertiary/aromatic N) is 3. The molecule has 1 aliphatic heterocycles. The van der Waals surface area contributed by atoms with Crippen molar-refractivity contribution in [2.75, 3.05) is 18.4 Å². The second-order valence-electron chi connectivity index (χ2n) is 4.66. The number of piperidine rings is 1. The zero-order valence-corrected chi connectivity index (χ0v) is 11.0. The molecular formula is C13H20N4O. The van der Waals surface area contributed by atoms with Crippen molar-refractivity contribution < 1.29 is 4.79 Å². The van der Waals surface area contributed by atoms with Crippen LogP contribution < -0.4 is 5.32 Å². The molecule has 0 aliphatic carbocycles. The summed E-state index contributed by atoms with van der Waals surface area (Å²) < 4.78 is 0. The number of likely N-dealkylation sites (tertiary alicyclic amines) is 1. The molecule has 1 atom stereocenters. The Morgan fingerprint density at radius 2 is 2.28 bits per heavy atom. The highest BCUT2D eigenvalue weighted by atomic mass is 16.2. The molecule has 1 fully saturated rings. The van der Waals surface area contributed by atoms with E-state index in [1.165, 1.54) is 6.42 Å². The second kappa shape index (κ2) is 5.80. The van der Waals surface area contributed by atoms with Crippen LogP contribution in [0.25, 0.3) is 0 Å². The van der Waals surface area contributed by atoms with Gasteiger partial charge in [0, 0.05) is 19.1 Å². The van der Waals surface area contributed by atoms with Crippen LogP contribution in [0.15, 0.2) is 12.4 Å². The SMILES string of the molecule is CCNc1cnc(C(=O)N2CCCCC2C)cn1. The minimum atomic E-state index is -0.00208. The van der Waals surface area contributed by atoms with Gasteiger partial charge in [-0.05, 0) is 33.1 Å². The molecule has 1 N–H and O–H groups in total. The van der Waals surface area contributed by atoms with Crippen LogP contribution in [-0.2, 0) is 0 Å². The molecule has 0 aromatic carbocycles. The highest BCUT2D eigenvalue weighted by Crippen LogP contribution is 2.18. The average molecular weight is 248 g/mol. The fourth-order valence-corrected chi connectivity index (χ4v) is 2.26. The van der Waals surface area contributed by atoms with Gasteiger partial charge in [0.25, 0.3) is 5.91 Å². The predicted molar refractivity (Wildman–Crippen MR) is 70.5 cm³/mol. The van der Waals surface area contributed by atoms with Crippen molar-refractivity contribution in [2.45, 2.75) is 39.2 Å². The van der Waals surface area contributed by atoms with Crippen molar-refractivity contribution in [1.29, 1.82) is 0 Å². The molecule has 0 bridgehead atoms. The lowest BCUT2D eigenvalue weighted by molar-refractivity contribution is 0.0629. The first-order valence-electron chi connectivity index (χ1n) is 6.59. The zero-order chi connectivity index (χ0) is 13.0. The molecule has 2 rings (SSSR count). The first-order chi connectivity index (χ1) is 8.72. The van der Waals surface area contributed by atoms with E-state index in [0.29, 0.717) is 17.6 Å². The van der Waals surface area contributed by atoms with Crippen LogP contribution in [0.2, 0.25) is 0 Å². The van der Waals surface area contributed by atoms with Gasteiger partial charge in [0.05, 0.1) is 12.4 Å². The number of hydrogen-bond donors (Lipinski definition) is 1. The van der Waals surface area contributed by atoms with Crippen molar-refractivity contribution in [1.82, 2.24) is 14.9 Å². The highest BCUT2D eigenvalue weighted by Gasteiger charge is 2.25. The van der Waals surface area contributed by atoms with Gasteiger partial charge in [0.2, 0.25) is 0 Å². The van der Waals surface area contributed by atoms with Crippen LogP contribution in [0, 0.1) is 0 Å². The summed E-state index contributed by atoms with van der Waals surface area (Å²) in [6.07, 6.45) is 6.54. The fraction of sp³-hybridized carbons (Fsp3) is 0.615. The van der Waals surface area contributed by atoms with Crippen LogP contribution in [0.5, 0.6) is 0 Å². The van der Waals surface area contributed by atoms with Crippen LogP contribution >= 0.6 is 0 Å². The Morgan fingerprint density at radius 1 is 1.44 bits per heavy atom. The summed E-state index contributed by atoms with van der Waals surface area (Å²) in [7, 11) is 0. The fourth-order valence-electron chi connectivity index (χ4n) is 2.26. The molecule has 2 heterocycles. The summed E-state index contributed by atoms with van der Waals surface area (Å²) in [5.74, 6) is 0.707. The van der Waals surface area contributed by atoms with E-state index in [1.54, 1.807) is 12.4 Å². The Labute approximate surface area is 108 Å². The average Bonchev–Trinajstić information content (AvgIpc) is 2.40. The number of nitrogens with one attached hydrogen (secondary N) is 1. The van der Waals surface area contributed by atoms with E-state index in [0.717, 1.165) is 25.9 Å². The van der Waals surface area contributed by atoms with Crippen LogP contribution in [0.4, 0.5) is 5.82 Å². The van der Waals surface area contributed by atoms with E-state index >= 15 is 0 Å². The number of hydrogen-bond acceptors (Lipinski definition) is 4. The summed E-state index contributed by atoms with van der Waals surface area (Å²) in [5.41, 5.74) is 0.436.